The zero-order valence-corrected chi connectivity index (χ0v) is 27.7. The molecule has 1 amide bonds. The maximum Gasteiger partial charge on any atom is 0.475 e. The van der Waals surface area contributed by atoms with Crippen LogP contribution in [0.4, 0.5) is 5.82 Å². The molecule has 2 saturated heterocycles. The van der Waals surface area contributed by atoms with E-state index in [1.807, 2.05) is 0 Å². The Labute approximate surface area is 282 Å². The Hall–Kier alpha value is -2.32. The number of carboxylic acid groups (broad SMARTS) is 1. The zero-order chi connectivity index (χ0) is 36.5. The number of aliphatic carboxylic acids is 1. The number of methoxy groups -OCH3 is 1. The lowest BCUT2D eigenvalue weighted by atomic mass is 9.88. The van der Waals surface area contributed by atoms with Crippen LogP contribution < -0.4 is 16.7 Å². The van der Waals surface area contributed by atoms with Gasteiger partial charge in [-0.15, -0.1) is 11.8 Å². The predicted molar refractivity (Wildman–Crippen MR) is 163 cm³/mol. The topological polar surface area (TPSA) is 341 Å². The van der Waals surface area contributed by atoms with Crippen molar-refractivity contribution in [1.29, 1.82) is 0 Å². The number of carbonyl (C=O) groups is 2. The van der Waals surface area contributed by atoms with Crippen LogP contribution in [0.3, 0.4) is 0 Å². The summed E-state index contributed by atoms with van der Waals surface area (Å²) in [5.74, 6) is -6.00. The first kappa shape index (κ1) is 41.1. The second kappa shape index (κ2) is 18.3. The predicted octanol–water partition coefficient (Wildman–Crippen LogP) is -4.90. The van der Waals surface area contributed by atoms with Crippen molar-refractivity contribution in [2.75, 3.05) is 57.4 Å². The van der Waals surface area contributed by atoms with Crippen molar-refractivity contribution in [2.45, 2.75) is 67.2 Å². The molecule has 4 unspecified atom stereocenters. The highest BCUT2D eigenvalue weighted by Gasteiger charge is 2.59. The van der Waals surface area contributed by atoms with Gasteiger partial charge in [0.2, 0.25) is 5.91 Å². The van der Waals surface area contributed by atoms with Gasteiger partial charge in [-0.25, -0.2) is 18.7 Å². The van der Waals surface area contributed by atoms with E-state index in [0.29, 0.717) is 19.0 Å². The SMILES string of the molecule is COCCOCCSCC(=O)N[C@H]1C([C@H](O)[C@H](O)CO)O[C@](OP(=O)(O)OCC2OC(n3ccc(N)nc3=O)[C@H](O)[C@@H]2O)(C(=O)O)C[C@H]1O. The molecule has 22 nitrogen and oxygen atoms in total. The Balaban J connectivity index is 1.71. The Kier molecular flexibility index (Phi) is 15.3. The van der Waals surface area contributed by atoms with Crippen LogP contribution in [-0.2, 0) is 42.1 Å². The first-order chi connectivity index (χ1) is 23.1. The van der Waals surface area contributed by atoms with Crippen molar-refractivity contribution in [3.05, 3.63) is 22.7 Å². The van der Waals surface area contributed by atoms with Crippen molar-refractivity contribution in [1.82, 2.24) is 14.9 Å². The number of aliphatic hydroxyl groups is 6. The molecule has 1 aromatic heterocycles. The highest BCUT2D eigenvalue weighted by molar-refractivity contribution is 7.99. The summed E-state index contributed by atoms with van der Waals surface area (Å²) in [6.45, 7) is -1.10. The molecule has 3 heterocycles. The lowest BCUT2D eigenvalue weighted by Crippen LogP contribution is -2.68. The lowest BCUT2D eigenvalue weighted by Gasteiger charge is -2.46. The van der Waals surface area contributed by atoms with Gasteiger partial charge in [-0.05, 0) is 6.07 Å². The molecular weight excluding hydrogens is 707 g/mol. The summed E-state index contributed by atoms with van der Waals surface area (Å²) >= 11 is 1.13. The molecule has 2 aliphatic heterocycles. The molecule has 24 heteroatoms. The second-order valence-corrected chi connectivity index (χ2v) is 13.3. The van der Waals surface area contributed by atoms with Crippen LogP contribution in [0.5, 0.6) is 0 Å². The highest BCUT2D eigenvalue weighted by atomic mass is 32.2. The largest absolute Gasteiger partial charge is 0.477 e. The van der Waals surface area contributed by atoms with Crippen LogP contribution >= 0.6 is 19.6 Å². The van der Waals surface area contributed by atoms with Crippen LogP contribution in [0.2, 0.25) is 0 Å². The maximum absolute atomic E-state index is 13.0. The van der Waals surface area contributed by atoms with E-state index in [2.05, 4.69) is 10.3 Å². The minimum absolute atomic E-state index is 0.140. The van der Waals surface area contributed by atoms with E-state index >= 15 is 0 Å². The molecule has 0 spiro atoms. The number of ether oxygens (including phenoxy) is 4. The molecule has 0 aromatic carbocycles. The Morgan fingerprint density at radius 1 is 1.24 bits per heavy atom. The van der Waals surface area contributed by atoms with E-state index < -0.39 is 106 Å². The summed E-state index contributed by atoms with van der Waals surface area (Å²) in [6, 6.07) is -0.418. The molecule has 2 fully saturated rings. The number of amides is 1. The number of phosphoric ester groups is 1. The number of phosphoric acid groups is 1. The molecule has 0 saturated carbocycles. The molecule has 0 aliphatic carbocycles. The van der Waals surface area contributed by atoms with E-state index in [4.69, 9.17) is 33.7 Å². The molecule has 280 valence electrons. The fourth-order valence-electron chi connectivity index (χ4n) is 4.84. The van der Waals surface area contributed by atoms with Gasteiger partial charge in [0, 0.05) is 25.5 Å². The van der Waals surface area contributed by atoms with Gasteiger partial charge in [-0.3, -0.25) is 13.9 Å². The average molecular weight is 749 g/mol. The van der Waals surface area contributed by atoms with Crippen molar-refractivity contribution in [2.24, 2.45) is 0 Å². The van der Waals surface area contributed by atoms with Gasteiger partial charge in [0.1, 0.15) is 42.4 Å². The minimum atomic E-state index is -5.57. The van der Waals surface area contributed by atoms with Crippen molar-refractivity contribution in [3.8, 4) is 0 Å². The molecule has 3 rings (SSSR count). The number of thioether (sulfide) groups is 1. The number of carbonyl (C=O) groups excluding carboxylic acids is 1. The summed E-state index contributed by atoms with van der Waals surface area (Å²) in [5.41, 5.74) is 4.49. The van der Waals surface area contributed by atoms with Crippen molar-refractivity contribution < 1.29 is 82.8 Å². The van der Waals surface area contributed by atoms with Crippen molar-refractivity contribution >= 4 is 37.3 Å². The third-order valence-corrected chi connectivity index (χ3v) is 9.23. The smallest absolute Gasteiger partial charge is 0.475 e. The minimum Gasteiger partial charge on any atom is -0.477 e. The number of anilines is 1. The Morgan fingerprint density at radius 2 is 1.96 bits per heavy atom. The van der Waals surface area contributed by atoms with E-state index in [9.17, 15) is 59.6 Å². The number of rotatable bonds is 19. The fraction of sp³-hybridized carbons (Fsp3) is 0.760. The third-order valence-electron chi connectivity index (χ3n) is 7.31. The lowest BCUT2D eigenvalue weighted by molar-refractivity contribution is -0.289. The number of nitrogens with one attached hydrogen (secondary N) is 1. The number of hydrogen-bond donors (Lipinski definition) is 10. The maximum atomic E-state index is 13.0. The van der Waals surface area contributed by atoms with Crippen LogP contribution in [0.25, 0.3) is 0 Å². The molecular formula is C25H41N4O18PS. The number of nitrogens with two attached hydrogens (primary N) is 1. The van der Waals surface area contributed by atoms with Crippen molar-refractivity contribution in [3.63, 3.8) is 0 Å². The van der Waals surface area contributed by atoms with E-state index in [1.165, 1.54) is 13.2 Å². The molecule has 0 radical (unpaired) electrons. The summed E-state index contributed by atoms with van der Waals surface area (Å²) < 4.78 is 44.4. The molecule has 0 bridgehead atoms. The van der Waals surface area contributed by atoms with Crippen LogP contribution in [0.15, 0.2) is 17.1 Å². The number of hydrogen-bond acceptors (Lipinski definition) is 19. The van der Waals surface area contributed by atoms with Gasteiger partial charge in [-0.2, -0.15) is 4.98 Å². The number of nitrogen functional groups attached to an aromatic ring is 1. The van der Waals surface area contributed by atoms with Crippen LogP contribution in [0, 0.1) is 0 Å². The molecule has 11 N–H and O–H groups in total. The highest BCUT2D eigenvalue weighted by Crippen LogP contribution is 2.51. The van der Waals surface area contributed by atoms with Gasteiger partial charge in [0.15, 0.2) is 6.23 Å². The molecule has 1 aromatic rings. The Bertz CT molecular complexity index is 1360. The standard InChI is InChI=1S/C25H41N4O18PS/c1-42-4-5-43-6-7-49-11-16(33)28-17-12(31)8-25(23(37)38,46-21(17)18(34)13(32)9-30)47-48(40,41)44-10-14-19(35)20(36)22(45-14)29-3-2-15(26)27-24(29)39/h2-3,12-14,17-22,30-32,34-36H,4-11H2,1H3,(H,28,33)(H,37,38)(H,40,41)(H2,26,27,39)/t12-,13-,14?,17-,18-,19-,20-,21?,22?,25-/m1/s1. The van der Waals surface area contributed by atoms with Crippen LogP contribution in [0.1, 0.15) is 12.6 Å². The fourth-order valence-corrected chi connectivity index (χ4v) is 6.44. The summed E-state index contributed by atoms with van der Waals surface area (Å²) in [5, 5.41) is 74.3. The van der Waals surface area contributed by atoms with Gasteiger partial charge >= 0.3 is 19.5 Å². The van der Waals surface area contributed by atoms with E-state index in [1.54, 1.807) is 0 Å². The zero-order valence-electron chi connectivity index (χ0n) is 26.0. The summed E-state index contributed by atoms with van der Waals surface area (Å²) in [4.78, 5) is 51.2. The quantitative estimate of drug-likeness (QED) is 0.0468. The summed E-state index contributed by atoms with van der Waals surface area (Å²) in [6.07, 6.45) is -14.9. The number of nitrogens with zero attached hydrogens (tertiary/aromatic N) is 2. The van der Waals surface area contributed by atoms with E-state index in [0.717, 1.165) is 22.5 Å². The average Bonchev–Trinajstić information content (AvgIpc) is 3.32. The number of aliphatic hydroxyl groups excluding tert-OH is 6. The normalized spacial score (nSPS) is 31.1. The second-order valence-electron chi connectivity index (χ2n) is 10.8. The van der Waals surface area contributed by atoms with Gasteiger partial charge in [-0.1, -0.05) is 0 Å². The van der Waals surface area contributed by atoms with Gasteiger partial charge in [0.05, 0.1) is 50.9 Å². The summed E-state index contributed by atoms with van der Waals surface area (Å²) in [7, 11) is -4.06. The molecule has 2 aliphatic rings. The Morgan fingerprint density at radius 3 is 2.59 bits per heavy atom. The molecule has 11 atom stereocenters. The van der Waals surface area contributed by atoms with E-state index in [-0.39, 0.29) is 18.2 Å². The van der Waals surface area contributed by atoms with Gasteiger partial charge < -0.3 is 70.6 Å². The third kappa shape index (κ3) is 10.8. The number of carboxylic acids is 1. The van der Waals surface area contributed by atoms with Gasteiger partial charge in [0.25, 0.3) is 5.79 Å². The molecule has 49 heavy (non-hydrogen) atoms. The first-order valence-electron chi connectivity index (χ1n) is 14.6. The monoisotopic (exact) mass is 748 g/mol. The number of aromatic nitrogens is 2. The first-order valence-corrected chi connectivity index (χ1v) is 17.2. The van der Waals surface area contributed by atoms with Crippen LogP contribution in [-0.4, -0.2) is 168 Å².